The summed E-state index contributed by atoms with van der Waals surface area (Å²) in [7, 11) is 0. The maximum absolute atomic E-state index is 15.3. The molecule has 3 heterocycles. The largest absolute Gasteiger partial charge is 0.441 e. The number of aryl methyl sites for hydroxylation is 1. The van der Waals surface area contributed by atoms with Crippen LogP contribution in [0.1, 0.15) is 38.1 Å². The lowest BCUT2D eigenvalue weighted by Crippen LogP contribution is -2.56. The monoisotopic (exact) mass is 441 g/mol. The number of rotatable bonds is 4. The molecule has 1 aromatic carbocycles. The number of hydrogen-bond donors (Lipinski definition) is 2. The normalized spacial score (nSPS) is 21.0. The van der Waals surface area contributed by atoms with Crippen LogP contribution >= 0.6 is 0 Å². The number of urea groups is 1. The molecule has 0 spiro atoms. The van der Waals surface area contributed by atoms with E-state index in [0.29, 0.717) is 30.9 Å². The van der Waals surface area contributed by atoms with Crippen molar-refractivity contribution in [3.05, 3.63) is 53.6 Å². The van der Waals surface area contributed by atoms with Gasteiger partial charge in [0.05, 0.1) is 23.6 Å². The van der Waals surface area contributed by atoms with Crippen LogP contribution in [-0.4, -0.2) is 58.2 Å². The summed E-state index contributed by atoms with van der Waals surface area (Å²) in [4.78, 5) is 32.5. The van der Waals surface area contributed by atoms with E-state index in [9.17, 15) is 9.59 Å². The van der Waals surface area contributed by atoms with Gasteiger partial charge >= 0.3 is 12.1 Å². The predicted molar refractivity (Wildman–Crippen MR) is 119 cm³/mol. The number of cyclic esters (lactones) is 1. The number of nitrogens with zero attached hydrogens (tertiary/aromatic N) is 3. The number of pyridine rings is 1. The molecule has 1 aromatic heterocycles. The van der Waals surface area contributed by atoms with Crippen molar-refractivity contribution in [2.75, 3.05) is 30.3 Å². The summed E-state index contributed by atoms with van der Waals surface area (Å²) in [6, 6.07) is 7.61. The number of piperazine rings is 1. The van der Waals surface area contributed by atoms with Gasteiger partial charge in [0.25, 0.3) is 0 Å². The minimum Gasteiger partial charge on any atom is -0.441 e. The summed E-state index contributed by atoms with van der Waals surface area (Å²) < 4.78 is 20.8. The highest BCUT2D eigenvalue weighted by Crippen LogP contribution is 2.35. The van der Waals surface area contributed by atoms with Gasteiger partial charge in [0.1, 0.15) is 5.60 Å². The van der Waals surface area contributed by atoms with Crippen LogP contribution in [0, 0.1) is 12.7 Å². The second kappa shape index (κ2) is 8.38. The van der Waals surface area contributed by atoms with Gasteiger partial charge in [0.15, 0.2) is 5.82 Å². The average molecular weight is 442 g/mol. The van der Waals surface area contributed by atoms with E-state index < -0.39 is 17.4 Å². The Kier molecular flexibility index (Phi) is 5.77. The Morgan fingerprint density at radius 1 is 1.25 bits per heavy atom. The van der Waals surface area contributed by atoms with Crippen LogP contribution < -0.4 is 10.6 Å². The number of carbonyl (C=O) groups is 2. The molecule has 0 bridgehead atoms. The van der Waals surface area contributed by atoms with E-state index in [1.54, 1.807) is 35.4 Å². The number of halogens is 1. The van der Waals surface area contributed by atoms with E-state index in [-0.39, 0.29) is 23.9 Å². The van der Waals surface area contributed by atoms with E-state index in [1.165, 1.54) is 6.07 Å². The molecule has 2 fully saturated rings. The van der Waals surface area contributed by atoms with Gasteiger partial charge in [-0.2, -0.15) is 0 Å². The lowest BCUT2D eigenvalue weighted by Gasteiger charge is -2.42. The Morgan fingerprint density at radius 2 is 2.03 bits per heavy atom. The van der Waals surface area contributed by atoms with E-state index >= 15 is 4.39 Å². The first-order valence-corrected chi connectivity index (χ1v) is 10.7. The molecule has 170 valence electrons. The molecular formula is C23H28FN5O3. The quantitative estimate of drug-likeness (QED) is 0.744. The summed E-state index contributed by atoms with van der Waals surface area (Å²) in [6.45, 7) is 9.31. The maximum Gasteiger partial charge on any atom is 0.410 e. The fourth-order valence-electron chi connectivity index (χ4n) is 4.31. The number of hydrogen-bond acceptors (Lipinski definition) is 5. The first-order chi connectivity index (χ1) is 15.2. The topological polar surface area (TPSA) is 86.8 Å². The van der Waals surface area contributed by atoms with Crippen molar-refractivity contribution in [2.24, 2.45) is 0 Å². The number of amides is 3. The van der Waals surface area contributed by atoms with Crippen molar-refractivity contribution >= 4 is 23.5 Å². The van der Waals surface area contributed by atoms with Crippen molar-refractivity contribution in [3.8, 4) is 0 Å². The molecule has 32 heavy (non-hydrogen) atoms. The Bertz CT molecular complexity index is 1030. The van der Waals surface area contributed by atoms with Gasteiger partial charge < -0.3 is 15.4 Å². The molecule has 4 rings (SSSR count). The summed E-state index contributed by atoms with van der Waals surface area (Å²) in [5, 5.41) is 5.24. The maximum atomic E-state index is 15.3. The second-order valence-corrected chi connectivity index (χ2v) is 8.83. The predicted octanol–water partition coefficient (Wildman–Crippen LogP) is 4.15. The Hall–Kier alpha value is -3.20. The lowest BCUT2D eigenvalue weighted by molar-refractivity contribution is 0.0326. The standard InChI is InChI=1S/C23H28FN5O3/c1-14-8-9-16(12-25-14)26-21(30)27-18-7-5-6-17(20(18)24)15(2)28-10-11-29-19(13-28)23(3,4)32-22(29)31/h5-9,12,15,19H,10-11,13H2,1-4H3,(H2,26,27,30)/t15-,19-/m0/s1. The molecule has 2 saturated heterocycles. The Balaban J connectivity index is 1.46. The number of benzene rings is 1. The molecule has 2 N–H and O–H groups in total. The van der Waals surface area contributed by atoms with Gasteiger partial charge in [-0.05, 0) is 45.9 Å². The number of ether oxygens (including phenoxy) is 1. The fourth-order valence-corrected chi connectivity index (χ4v) is 4.31. The molecule has 3 amide bonds. The van der Waals surface area contributed by atoms with Crippen LogP contribution in [0.4, 0.5) is 25.4 Å². The molecule has 9 heteroatoms. The third-order valence-corrected chi connectivity index (χ3v) is 6.24. The Morgan fingerprint density at radius 3 is 2.75 bits per heavy atom. The van der Waals surface area contributed by atoms with Crippen molar-refractivity contribution in [1.29, 1.82) is 0 Å². The van der Waals surface area contributed by atoms with Crippen LogP contribution in [0.5, 0.6) is 0 Å². The molecule has 2 aliphatic heterocycles. The summed E-state index contributed by atoms with van der Waals surface area (Å²) >= 11 is 0. The average Bonchev–Trinajstić information content (AvgIpc) is 2.98. The van der Waals surface area contributed by atoms with Crippen LogP contribution in [0.15, 0.2) is 36.5 Å². The third kappa shape index (κ3) is 4.25. The number of nitrogens with one attached hydrogen (secondary N) is 2. The first kappa shape index (κ1) is 22.0. The number of anilines is 2. The highest BCUT2D eigenvalue weighted by Gasteiger charge is 2.50. The minimum atomic E-state index is -0.597. The smallest absolute Gasteiger partial charge is 0.410 e. The van der Waals surface area contributed by atoms with Gasteiger partial charge in [-0.15, -0.1) is 0 Å². The van der Waals surface area contributed by atoms with Crippen LogP contribution in [0.2, 0.25) is 0 Å². The lowest BCUT2D eigenvalue weighted by atomic mass is 9.94. The second-order valence-electron chi connectivity index (χ2n) is 8.83. The zero-order chi connectivity index (χ0) is 23.0. The zero-order valence-corrected chi connectivity index (χ0v) is 18.7. The third-order valence-electron chi connectivity index (χ3n) is 6.24. The number of aromatic nitrogens is 1. The first-order valence-electron chi connectivity index (χ1n) is 10.7. The fraction of sp³-hybridized carbons (Fsp3) is 0.435. The molecule has 2 atom stereocenters. The van der Waals surface area contributed by atoms with Gasteiger partial charge in [-0.3, -0.25) is 14.8 Å². The highest BCUT2D eigenvalue weighted by molar-refractivity contribution is 5.99. The number of fused-ring (bicyclic) bond motifs is 1. The molecule has 2 aromatic rings. The van der Waals surface area contributed by atoms with Gasteiger partial charge in [0, 0.05) is 36.9 Å². The summed E-state index contributed by atoms with van der Waals surface area (Å²) in [5.74, 6) is -0.474. The van der Waals surface area contributed by atoms with Crippen molar-refractivity contribution in [2.45, 2.75) is 45.4 Å². The van der Waals surface area contributed by atoms with Gasteiger partial charge in [-0.1, -0.05) is 12.1 Å². The zero-order valence-electron chi connectivity index (χ0n) is 18.7. The van der Waals surface area contributed by atoms with Crippen LogP contribution in [-0.2, 0) is 4.74 Å². The van der Waals surface area contributed by atoms with Gasteiger partial charge in [-0.25, -0.2) is 14.0 Å². The van der Waals surface area contributed by atoms with Crippen molar-refractivity contribution < 1.29 is 18.7 Å². The summed E-state index contributed by atoms with van der Waals surface area (Å²) in [6.07, 6.45) is 1.25. The van der Waals surface area contributed by atoms with E-state index in [2.05, 4.69) is 20.5 Å². The van der Waals surface area contributed by atoms with Crippen LogP contribution in [0.25, 0.3) is 0 Å². The molecule has 0 saturated carbocycles. The summed E-state index contributed by atoms with van der Waals surface area (Å²) in [5.41, 5.74) is 1.34. The van der Waals surface area contributed by atoms with Crippen molar-refractivity contribution in [1.82, 2.24) is 14.8 Å². The molecule has 0 radical (unpaired) electrons. The SMILES string of the molecule is Cc1ccc(NC(=O)Nc2cccc([C@H](C)N3CCN4C(=O)OC(C)(C)[C@@H]4C3)c2F)cn1. The Labute approximate surface area is 186 Å². The molecular weight excluding hydrogens is 413 g/mol. The molecule has 8 nitrogen and oxygen atoms in total. The minimum absolute atomic E-state index is 0.0931. The molecule has 0 unspecified atom stereocenters. The molecule has 0 aliphatic carbocycles. The van der Waals surface area contributed by atoms with E-state index in [1.807, 2.05) is 27.7 Å². The molecule has 2 aliphatic rings. The van der Waals surface area contributed by atoms with E-state index in [4.69, 9.17) is 4.74 Å². The van der Waals surface area contributed by atoms with Crippen molar-refractivity contribution in [3.63, 3.8) is 0 Å². The highest BCUT2D eigenvalue weighted by atomic mass is 19.1. The number of carbonyl (C=O) groups excluding carboxylic acids is 2. The van der Waals surface area contributed by atoms with Crippen LogP contribution in [0.3, 0.4) is 0 Å². The van der Waals surface area contributed by atoms with Gasteiger partial charge in [0.2, 0.25) is 0 Å². The van der Waals surface area contributed by atoms with E-state index in [0.717, 1.165) is 5.69 Å².